The molecule has 4 rings (SSSR count). The fourth-order valence-electron chi connectivity index (χ4n) is 3.03. The summed E-state index contributed by atoms with van der Waals surface area (Å²) in [5, 5.41) is 6.31. The minimum atomic E-state index is -0.400. The quantitative estimate of drug-likeness (QED) is 0.385. The molecule has 0 aliphatic heterocycles. The van der Waals surface area contributed by atoms with Crippen molar-refractivity contribution >= 4 is 51.6 Å². The van der Waals surface area contributed by atoms with Crippen LogP contribution in [0.15, 0.2) is 65.1 Å². The molecule has 1 amide bonds. The normalized spacial score (nSPS) is 10.6. The predicted molar refractivity (Wildman–Crippen MR) is 128 cm³/mol. The summed E-state index contributed by atoms with van der Waals surface area (Å²) < 4.78 is 16.2. The van der Waals surface area contributed by atoms with Gasteiger partial charge in [0.05, 0.1) is 24.8 Å². The van der Waals surface area contributed by atoms with Crippen LogP contribution in [0.25, 0.3) is 22.6 Å². The Balaban J connectivity index is 1.49. The lowest BCUT2D eigenvalue weighted by atomic mass is 10.2. The molecular formula is C23H18ClN3O4S. The monoisotopic (exact) mass is 467 g/mol. The number of benzene rings is 3. The summed E-state index contributed by atoms with van der Waals surface area (Å²) in [5.41, 5.74) is 2.92. The first kappa shape index (κ1) is 21.6. The van der Waals surface area contributed by atoms with E-state index in [0.717, 1.165) is 0 Å². The van der Waals surface area contributed by atoms with E-state index in [9.17, 15) is 4.79 Å². The number of hydrogen-bond donors (Lipinski definition) is 2. The molecule has 1 aromatic heterocycles. The highest BCUT2D eigenvalue weighted by Gasteiger charge is 2.14. The van der Waals surface area contributed by atoms with Crippen molar-refractivity contribution in [3.05, 3.63) is 71.2 Å². The van der Waals surface area contributed by atoms with Gasteiger partial charge in [-0.15, -0.1) is 0 Å². The van der Waals surface area contributed by atoms with Crippen LogP contribution >= 0.6 is 23.8 Å². The molecular weight excluding hydrogens is 450 g/mol. The Morgan fingerprint density at radius 3 is 2.44 bits per heavy atom. The molecule has 1 heterocycles. The highest BCUT2D eigenvalue weighted by atomic mass is 35.5. The average molecular weight is 468 g/mol. The number of carbonyl (C=O) groups excluding carboxylic acids is 1. The molecule has 0 spiro atoms. The van der Waals surface area contributed by atoms with Crippen LogP contribution < -0.4 is 20.1 Å². The van der Waals surface area contributed by atoms with Crippen molar-refractivity contribution < 1.29 is 18.7 Å². The predicted octanol–water partition coefficient (Wildman–Crippen LogP) is 5.29. The summed E-state index contributed by atoms with van der Waals surface area (Å²) in [5.74, 6) is 1.02. The van der Waals surface area contributed by atoms with Gasteiger partial charge in [0.25, 0.3) is 5.91 Å². The van der Waals surface area contributed by atoms with Gasteiger partial charge in [-0.25, -0.2) is 4.98 Å². The number of aromatic nitrogens is 1. The van der Waals surface area contributed by atoms with Gasteiger partial charge in [0, 0.05) is 17.3 Å². The van der Waals surface area contributed by atoms with E-state index in [-0.39, 0.29) is 5.11 Å². The molecule has 0 unspecified atom stereocenters. The molecule has 32 heavy (non-hydrogen) atoms. The van der Waals surface area contributed by atoms with Crippen molar-refractivity contribution in [1.82, 2.24) is 10.3 Å². The van der Waals surface area contributed by atoms with Gasteiger partial charge in [-0.2, -0.15) is 0 Å². The smallest absolute Gasteiger partial charge is 0.257 e. The summed E-state index contributed by atoms with van der Waals surface area (Å²) in [6.07, 6.45) is 0. The molecule has 0 fully saturated rings. The Kier molecular flexibility index (Phi) is 6.25. The van der Waals surface area contributed by atoms with Gasteiger partial charge in [0.15, 0.2) is 10.7 Å². The Labute approximate surface area is 194 Å². The minimum Gasteiger partial charge on any atom is -0.497 e. The maximum atomic E-state index is 12.6. The molecule has 0 saturated carbocycles. The summed E-state index contributed by atoms with van der Waals surface area (Å²) in [6.45, 7) is 0. The number of halogens is 1. The molecule has 7 nitrogen and oxygen atoms in total. The van der Waals surface area contributed by atoms with Gasteiger partial charge in [-0.05, 0) is 54.7 Å². The highest BCUT2D eigenvalue weighted by molar-refractivity contribution is 7.80. The first-order valence-electron chi connectivity index (χ1n) is 9.47. The molecule has 0 aliphatic rings. The van der Waals surface area contributed by atoms with Crippen molar-refractivity contribution in [3.8, 4) is 23.0 Å². The Hall–Kier alpha value is -3.62. The Morgan fingerprint density at radius 1 is 1.03 bits per heavy atom. The molecule has 0 saturated heterocycles. The topological polar surface area (TPSA) is 85.6 Å². The Morgan fingerprint density at radius 2 is 1.75 bits per heavy atom. The first-order chi connectivity index (χ1) is 15.5. The van der Waals surface area contributed by atoms with Gasteiger partial charge < -0.3 is 19.2 Å². The number of nitrogens with zero attached hydrogens (tertiary/aromatic N) is 1. The van der Waals surface area contributed by atoms with Crippen molar-refractivity contribution in [2.75, 3.05) is 19.5 Å². The second kappa shape index (κ2) is 9.25. The highest BCUT2D eigenvalue weighted by Crippen LogP contribution is 2.30. The van der Waals surface area contributed by atoms with Crippen LogP contribution in [-0.2, 0) is 0 Å². The second-order valence-electron chi connectivity index (χ2n) is 6.69. The van der Waals surface area contributed by atoms with Gasteiger partial charge in [0.1, 0.15) is 17.0 Å². The molecule has 9 heteroatoms. The number of amides is 1. The number of thiocarbonyl (C=S) groups is 1. The lowest BCUT2D eigenvalue weighted by Crippen LogP contribution is -2.34. The number of anilines is 1. The molecule has 162 valence electrons. The SMILES string of the molecule is COc1cc(OC)cc(C(=O)NC(=S)Nc2ccc3oc(-c4ccccc4Cl)nc3c2)c1. The van der Waals surface area contributed by atoms with Crippen LogP contribution in [0.5, 0.6) is 11.5 Å². The third-order valence-corrected chi connectivity index (χ3v) is 5.12. The van der Waals surface area contributed by atoms with Gasteiger partial charge in [-0.3, -0.25) is 10.1 Å². The number of hydrogen-bond acceptors (Lipinski definition) is 6. The molecule has 0 radical (unpaired) electrons. The van der Waals surface area contributed by atoms with Gasteiger partial charge in [0.2, 0.25) is 5.89 Å². The maximum absolute atomic E-state index is 12.6. The summed E-state index contributed by atoms with van der Waals surface area (Å²) in [7, 11) is 3.03. The standard InChI is InChI=1S/C23H18ClN3O4S/c1-29-15-9-13(10-16(12-15)30-2)21(28)27-23(32)25-14-7-8-20-19(11-14)26-22(31-20)17-5-3-4-6-18(17)24/h3-12H,1-2H3,(H2,25,27,28,32). The number of methoxy groups -OCH3 is 2. The van der Waals surface area contributed by atoms with E-state index in [1.54, 1.807) is 42.5 Å². The van der Waals surface area contributed by atoms with E-state index in [1.165, 1.54) is 14.2 Å². The maximum Gasteiger partial charge on any atom is 0.257 e. The van der Waals surface area contributed by atoms with Crippen LogP contribution in [0.4, 0.5) is 5.69 Å². The van der Waals surface area contributed by atoms with Crippen LogP contribution in [0.3, 0.4) is 0 Å². The fraction of sp³-hybridized carbons (Fsp3) is 0.0870. The van der Waals surface area contributed by atoms with E-state index in [4.69, 9.17) is 37.7 Å². The number of carbonyl (C=O) groups is 1. The zero-order valence-electron chi connectivity index (χ0n) is 17.1. The zero-order chi connectivity index (χ0) is 22.7. The van der Waals surface area contributed by atoms with Crippen molar-refractivity contribution in [1.29, 1.82) is 0 Å². The summed E-state index contributed by atoms with van der Waals surface area (Å²) in [6, 6.07) is 17.5. The van der Waals surface area contributed by atoms with Gasteiger partial charge in [-0.1, -0.05) is 23.7 Å². The first-order valence-corrected chi connectivity index (χ1v) is 10.3. The Bertz CT molecular complexity index is 1300. The average Bonchev–Trinajstić information content (AvgIpc) is 3.22. The number of ether oxygens (including phenoxy) is 2. The van der Waals surface area contributed by atoms with E-state index in [0.29, 0.717) is 50.3 Å². The number of rotatable bonds is 5. The van der Waals surface area contributed by atoms with Crippen LogP contribution in [0, 0.1) is 0 Å². The molecule has 4 aromatic rings. The molecule has 3 aromatic carbocycles. The van der Waals surface area contributed by atoms with Crippen LogP contribution in [0.1, 0.15) is 10.4 Å². The summed E-state index contributed by atoms with van der Waals surface area (Å²) in [4.78, 5) is 17.1. The van der Waals surface area contributed by atoms with E-state index >= 15 is 0 Å². The number of fused-ring (bicyclic) bond motifs is 1. The minimum absolute atomic E-state index is 0.131. The molecule has 2 N–H and O–H groups in total. The van der Waals surface area contributed by atoms with Gasteiger partial charge >= 0.3 is 0 Å². The number of oxazole rings is 1. The second-order valence-corrected chi connectivity index (χ2v) is 7.51. The van der Waals surface area contributed by atoms with Crippen LogP contribution in [0.2, 0.25) is 5.02 Å². The van der Waals surface area contributed by atoms with Crippen molar-refractivity contribution in [2.24, 2.45) is 0 Å². The van der Waals surface area contributed by atoms with Crippen LogP contribution in [-0.4, -0.2) is 30.2 Å². The van der Waals surface area contributed by atoms with E-state index in [2.05, 4.69) is 15.6 Å². The fourth-order valence-corrected chi connectivity index (χ4v) is 3.46. The number of nitrogens with one attached hydrogen (secondary N) is 2. The molecule has 0 aliphatic carbocycles. The zero-order valence-corrected chi connectivity index (χ0v) is 18.7. The molecule has 0 bridgehead atoms. The summed E-state index contributed by atoms with van der Waals surface area (Å²) >= 11 is 11.5. The third-order valence-electron chi connectivity index (χ3n) is 4.59. The van der Waals surface area contributed by atoms with E-state index < -0.39 is 5.91 Å². The lowest BCUT2D eigenvalue weighted by Gasteiger charge is -2.11. The lowest BCUT2D eigenvalue weighted by molar-refractivity contribution is 0.0977. The van der Waals surface area contributed by atoms with Crippen molar-refractivity contribution in [2.45, 2.75) is 0 Å². The van der Waals surface area contributed by atoms with E-state index in [1.807, 2.05) is 18.2 Å². The largest absolute Gasteiger partial charge is 0.497 e. The van der Waals surface area contributed by atoms with Crippen molar-refractivity contribution in [3.63, 3.8) is 0 Å². The third kappa shape index (κ3) is 4.66. The molecule has 0 atom stereocenters.